The minimum atomic E-state index is -3.10. The van der Waals surface area contributed by atoms with Gasteiger partial charge in [0.15, 0.2) is 0 Å². The van der Waals surface area contributed by atoms with Crippen molar-refractivity contribution < 1.29 is 8.42 Å². The first-order chi connectivity index (χ1) is 6.51. The van der Waals surface area contributed by atoms with Crippen LogP contribution in [0.4, 0.5) is 0 Å². The van der Waals surface area contributed by atoms with Crippen LogP contribution in [0.25, 0.3) is 0 Å². The Labute approximate surface area is 90.0 Å². The van der Waals surface area contributed by atoms with Crippen molar-refractivity contribution >= 4 is 22.7 Å². The topological polar surface area (TPSA) is 46.2 Å². The standard InChI is InChI=1S/C9H13NO2S2/c1-14(11,12)10-6-8-2-4-9(7-13)5-3-8/h2-5,10,13H,6-7H2,1H3. The molecular weight excluding hydrogens is 218 g/mol. The van der Waals surface area contributed by atoms with E-state index in [1.54, 1.807) is 0 Å². The summed E-state index contributed by atoms with van der Waals surface area (Å²) in [6, 6.07) is 7.66. The number of nitrogens with one attached hydrogen (secondary N) is 1. The minimum absolute atomic E-state index is 0.339. The predicted octanol–water partition coefficient (Wildman–Crippen LogP) is 1.17. The average Bonchev–Trinajstić information content (AvgIpc) is 2.14. The Balaban J connectivity index is 2.61. The maximum absolute atomic E-state index is 10.8. The highest BCUT2D eigenvalue weighted by Crippen LogP contribution is 2.06. The summed E-state index contributed by atoms with van der Waals surface area (Å²) in [5.41, 5.74) is 2.07. The second kappa shape index (κ2) is 4.82. The van der Waals surface area contributed by atoms with Crippen molar-refractivity contribution in [2.45, 2.75) is 12.3 Å². The molecule has 0 fully saturated rings. The predicted molar refractivity (Wildman–Crippen MR) is 60.8 cm³/mol. The van der Waals surface area contributed by atoms with E-state index in [9.17, 15) is 8.42 Å². The van der Waals surface area contributed by atoms with Crippen LogP contribution in [-0.2, 0) is 22.3 Å². The van der Waals surface area contributed by atoms with Crippen molar-refractivity contribution in [3.8, 4) is 0 Å². The lowest BCUT2D eigenvalue weighted by atomic mass is 10.1. The largest absolute Gasteiger partial charge is 0.213 e. The fourth-order valence-corrected chi connectivity index (χ4v) is 1.62. The van der Waals surface area contributed by atoms with Gasteiger partial charge in [-0.05, 0) is 11.1 Å². The maximum Gasteiger partial charge on any atom is 0.209 e. The highest BCUT2D eigenvalue weighted by Gasteiger charge is 2.00. The van der Waals surface area contributed by atoms with Crippen LogP contribution in [0.2, 0.25) is 0 Å². The molecule has 78 valence electrons. The molecule has 0 atom stereocenters. The quantitative estimate of drug-likeness (QED) is 0.764. The summed E-state index contributed by atoms with van der Waals surface area (Å²) in [5, 5.41) is 0. The number of hydrogen-bond donors (Lipinski definition) is 2. The first-order valence-electron chi connectivity index (χ1n) is 4.14. The minimum Gasteiger partial charge on any atom is -0.213 e. The lowest BCUT2D eigenvalue weighted by Crippen LogP contribution is -2.21. The van der Waals surface area contributed by atoms with Crippen molar-refractivity contribution in [2.24, 2.45) is 0 Å². The number of thiol groups is 1. The molecule has 5 heteroatoms. The summed E-state index contributed by atoms with van der Waals surface area (Å²) in [6.45, 7) is 0.339. The van der Waals surface area contributed by atoms with Gasteiger partial charge in [-0.3, -0.25) is 0 Å². The third-order valence-electron chi connectivity index (χ3n) is 1.74. The monoisotopic (exact) mass is 231 g/mol. The van der Waals surface area contributed by atoms with E-state index in [1.165, 1.54) is 0 Å². The van der Waals surface area contributed by atoms with Crippen molar-refractivity contribution in [3.63, 3.8) is 0 Å². The molecule has 0 heterocycles. The van der Waals surface area contributed by atoms with Crippen LogP contribution in [0.15, 0.2) is 24.3 Å². The maximum atomic E-state index is 10.8. The molecule has 0 bridgehead atoms. The van der Waals surface area contributed by atoms with Gasteiger partial charge in [-0.25, -0.2) is 13.1 Å². The third-order valence-corrected chi connectivity index (χ3v) is 2.78. The van der Waals surface area contributed by atoms with E-state index in [2.05, 4.69) is 17.4 Å². The Bertz CT molecular complexity index is 384. The van der Waals surface area contributed by atoms with Gasteiger partial charge in [0.2, 0.25) is 10.0 Å². The van der Waals surface area contributed by atoms with Gasteiger partial charge in [0, 0.05) is 12.3 Å². The Morgan fingerprint density at radius 2 is 1.71 bits per heavy atom. The summed E-state index contributed by atoms with van der Waals surface area (Å²) in [7, 11) is -3.10. The Kier molecular flexibility index (Phi) is 3.97. The smallest absolute Gasteiger partial charge is 0.209 e. The number of rotatable bonds is 4. The lowest BCUT2D eigenvalue weighted by molar-refractivity contribution is 0.587. The molecule has 0 amide bonds. The molecule has 0 aliphatic heterocycles. The van der Waals surface area contributed by atoms with E-state index in [-0.39, 0.29) is 0 Å². The zero-order chi connectivity index (χ0) is 10.6. The van der Waals surface area contributed by atoms with Crippen LogP contribution in [0.5, 0.6) is 0 Å². The van der Waals surface area contributed by atoms with Crippen molar-refractivity contribution in [1.29, 1.82) is 0 Å². The van der Waals surface area contributed by atoms with Gasteiger partial charge in [-0.15, -0.1) is 0 Å². The number of benzene rings is 1. The molecular formula is C9H13NO2S2. The van der Waals surface area contributed by atoms with E-state index in [4.69, 9.17) is 0 Å². The second-order valence-corrected chi connectivity index (χ2v) is 5.22. The second-order valence-electron chi connectivity index (χ2n) is 3.07. The van der Waals surface area contributed by atoms with Gasteiger partial charge in [0.05, 0.1) is 6.26 Å². The summed E-state index contributed by atoms with van der Waals surface area (Å²) in [6.07, 6.45) is 1.15. The van der Waals surface area contributed by atoms with E-state index in [0.29, 0.717) is 12.3 Å². The van der Waals surface area contributed by atoms with Gasteiger partial charge < -0.3 is 0 Å². The third kappa shape index (κ3) is 4.13. The first kappa shape index (κ1) is 11.6. The van der Waals surface area contributed by atoms with Crippen molar-refractivity contribution in [1.82, 2.24) is 4.72 Å². The molecule has 0 spiro atoms. The van der Waals surface area contributed by atoms with Crippen LogP contribution >= 0.6 is 12.6 Å². The molecule has 0 aliphatic rings. The van der Waals surface area contributed by atoms with Gasteiger partial charge in [0.1, 0.15) is 0 Å². The van der Waals surface area contributed by atoms with Crippen molar-refractivity contribution in [2.75, 3.05) is 6.26 Å². The van der Waals surface area contributed by atoms with Crippen molar-refractivity contribution in [3.05, 3.63) is 35.4 Å². The molecule has 1 aromatic rings. The Morgan fingerprint density at radius 3 is 2.14 bits per heavy atom. The van der Waals surface area contributed by atoms with Gasteiger partial charge >= 0.3 is 0 Å². The van der Waals surface area contributed by atoms with Crippen LogP contribution in [-0.4, -0.2) is 14.7 Å². The fourth-order valence-electron chi connectivity index (χ4n) is 0.977. The van der Waals surface area contributed by atoms with Crippen LogP contribution in [0.3, 0.4) is 0 Å². The summed E-state index contributed by atoms with van der Waals surface area (Å²) in [4.78, 5) is 0. The van der Waals surface area contributed by atoms with Gasteiger partial charge in [-0.2, -0.15) is 12.6 Å². The fraction of sp³-hybridized carbons (Fsp3) is 0.333. The average molecular weight is 231 g/mol. The Hall–Kier alpha value is -0.520. The molecule has 0 saturated carbocycles. The Morgan fingerprint density at radius 1 is 1.21 bits per heavy atom. The summed E-state index contributed by atoms with van der Waals surface area (Å²) < 4.78 is 24.0. The van der Waals surface area contributed by atoms with E-state index >= 15 is 0 Å². The molecule has 14 heavy (non-hydrogen) atoms. The highest BCUT2D eigenvalue weighted by molar-refractivity contribution is 7.88. The molecule has 3 nitrogen and oxygen atoms in total. The van der Waals surface area contributed by atoms with E-state index in [0.717, 1.165) is 17.4 Å². The molecule has 0 unspecified atom stereocenters. The van der Waals surface area contributed by atoms with E-state index in [1.807, 2.05) is 24.3 Å². The molecule has 0 radical (unpaired) electrons. The van der Waals surface area contributed by atoms with Crippen LogP contribution in [0, 0.1) is 0 Å². The van der Waals surface area contributed by atoms with Crippen LogP contribution in [0.1, 0.15) is 11.1 Å². The zero-order valence-corrected chi connectivity index (χ0v) is 9.61. The molecule has 1 N–H and O–H groups in total. The molecule has 1 aromatic carbocycles. The summed E-state index contributed by atoms with van der Waals surface area (Å²) in [5.74, 6) is 0.694. The first-order valence-corrected chi connectivity index (χ1v) is 6.67. The zero-order valence-electron chi connectivity index (χ0n) is 7.90. The lowest BCUT2D eigenvalue weighted by Gasteiger charge is -2.03. The van der Waals surface area contributed by atoms with E-state index < -0.39 is 10.0 Å². The molecule has 0 saturated heterocycles. The molecule has 1 rings (SSSR count). The molecule has 0 aromatic heterocycles. The van der Waals surface area contributed by atoms with Crippen LogP contribution < -0.4 is 4.72 Å². The van der Waals surface area contributed by atoms with Gasteiger partial charge in [-0.1, -0.05) is 24.3 Å². The highest BCUT2D eigenvalue weighted by atomic mass is 32.2. The normalized spacial score (nSPS) is 11.6. The van der Waals surface area contributed by atoms with Gasteiger partial charge in [0.25, 0.3) is 0 Å². The molecule has 0 aliphatic carbocycles. The number of hydrogen-bond acceptors (Lipinski definition) is 3. The SMILES string of the molecule is CS(=O)(=O)NCc1ccc(CS)cc1. The number of sulfonamides is 1. The summed E-state index contributed by atoms with van der Waals surface area (Å²) >= 11 is 4.13.